The van der Waals surface area contributed by atoms with Crippen LogP contribution in [0.5, 0.6) is 0 Å². The van der Waals surface area contributed by atoms with Crippen LogP contribution in [0.15, 0.2) is 42.6 Å². The highest BCUT2D eigenvalue weighted by Gasteiger charge is 2.14. The number of pyridine rings is 1. The number of benzene rings is 1. The van der Waals surface area contributed by atoms with Crippen molar-refractivity contribution in [3.05, 3.63) is 59.7 Å². The van der Waals surface area contributed by atoms with Crippen LogP contribution in [0.2, 0.25) is 0 Å². The normalized spacial score (nSPS) is 10.8. The first-order valence-corrected chi connectivity index (χ1v) is 5.89. The van der Waals surface area contributed by atoms with Gasteiger partial charge in [0.25, 0.3) is 0 Å². The van der Waals surface area contributed by atoms with Crippen molar-refractivity contribution in [2.24, 2.45) is 0 Å². The minimum atomic E-state index is -0.353. The summed E-state index contributed by atoms with van der Waals surface area (Å²) in [4.78, 5) is 15.3. The third-order valence-corrected chi connectivity index (χ3v) is 3.04. The van der Waals surface area contributed by atoms with E-state index < -0.39 is 0 Å². The molecule has 19 heavy (non-hydrogen) atoms. The molecule has 3 aromatic rings. The van der Waals surface area contributed by atoms with Gasteiger partial charge in [-0.05, 0) is 30.7 Å². The Bertz CT molecular complexity index is 777. The number of aryl methyl sites for hydroxylation is 1. The molecule has 0 atom stereocenters. The van der Waals surface area contributed by atoms with Crippen molar-refractivity contribution in [3.63, 3.8) is 0 Å². The highest BCUT2D eigenvalue weighted by atomic mass is 19.1. The number of imidazole rings is 1. The van der Waals surface area contributed by atoms with Crippen molar-refractivity contribution in [1.29, 1.82) is 0 Å². The molecule has 0 spiro atoms. The Morgan fingerprint density at radius 3 is 2.74 bits per heavy atom. The molecule has 0 amide bonds. The number of hydrogen-bond acceptors (Lipinski definition) is 2. The number of aldehydes is 1. The van der Waals surface area contributed by atoms with Crippen molar-refractivity contribution in [1.82, 2.24) is 9.38 Å². The molecule has 3 nitrogen and oxygen atoms in total. The van der Waals surface area contributed by atoms with Gasteiger partial charge in [0.05, 0.1) is 11.1 Å². The number of nitrogens with zero attached hydrogens (tertiary/aromatic N) is 2. The van der Waals surface area contributed by atoms with E-state index in [1.165, 1.54) is 6.07 Å². The summed E-state index contributed by atoms with van der Waals surface area (Å²) >= 11 is 0. The molecule has 94 valence electrons. The van der Waals surface area contributed by atoms with Gasteiger partial charge in [-0.1, -0.05) is 18.2 Å². The Morgan fingerprint density at radius 2 is 2.00 bits per heavy atom. The number of aromatic nitrogens is 2. The number of halogens is 1. The number of carbonyl (C=O) groups is 1. The van der Waals surface area contributed by atoms with Crippen molar-refractivity contribution >= 4 is 11.8 Å². The van der Waals surface area contributed by atoms with Gasteiger partial charge in [0.15, 0.2) is 6.29 Å². The van der Waals surface area contributed by atoms with Gasteiger partial charge < -0.3 is 0 Å². The van der Waals surface area contributed by atoms with Gasteiger partial charge in [-0.3, -0.25) is 9.20 Å². The maximum Gasteiger partial charge on any atom is 0.170 e. The van der Waals surface area contributed by atoms with Crippen LogP contribution >= 0.6 is 0 Å². The van der Waals surface area contributed by atoms with E-state index >= 15 is 0 Å². The molecule has 0 unspecified atom stereocenters. The van der Waals surface area contributed by atoms with Gasteiger partial charge >= 0.3 is 0 Å². The third-order valence-electron chi connectivity index (χ3n) is 3.04. The molecule has 0 aliphatic heterocycles. The zero-order valence-electron chi connectivity index (χ0n) is 10.3. The minimum Gasteiger partial charge on any atom is -0.299 e. The first-order valence-electron chi connectivity index (χ1n) is 5.89. The van der Waals surface area contributed by atoms with E-state index in [4.69, 9.17) is 0 Å². The summed E-state index contributed by atoms with van der Waals surface area (Å²) in [5, 5.41) is 0. The summed E-state index contributed by atoms with van der Waals surface area (Å²) < 4.78 is 15.6. The van der Waals surface area contributed by atoms with Crippen LogP contribution in [0.25, 0.3) is 16.9 Å². The molecule has 0 N–H and O–H groups in total. The zero-order valence-corrected chi connectivity index (χ0v) is 10.3. The Morgan fingerprint density at radius 1 is 1.21 bits per heavy atom. The molecule has 0 saturated heterocycles. The van der Waals surface area contributed by atoms with Gasteiger partial charge in [0.1, 0.15) is 17.3 Å². The maximum atomic E-state index is 13.9. The smallest absolute Gasteiger partial charge is 0.170 e. The molecule has 1 aromatic carbocycles. The highest BCUT2D eigenvalue weighted by molar-refractivity contribution is 5.86. The molecule has 3 rings (SSSR count). The minimum absolute atomic E-state index is 0.318. The van der Waals surface area contributed by atoms with Crippen LogP contribution < -0.4 is 0 Å². The lowest BCUT2D eigenvalue weighted by atomic mass is 10.2. The van der Waals surface area contributed by atoms with Gasteiger partial charge in [-0.2, -0.15) is 0 Å². The largest absolute Gasteiger partial charge is 0.299 e. The molecule has 0 radical (unpaired) electrons. The SMILES string of the molecule is Cc1ccc2c(C=O)nc(-c3ccccc3F)n2c1. The monoisotopic (exact) mass is 254 g/mol. The second kappa shape index (κ2) is 4.31. The Kier molecular flexibility index (Phi) is 2.63. The second-order valence-electron chi connectivity index (χ2n) is 4.38. The van der Waals surface area contributed by atoms with E-state index in [2.05, 4.69) is 4.98 Å². The number of fused-ring (bicyclic) bond motifs is 1. The first-order chi connectivity index (χ1) is 9.20. The number of hydrogen-bond donors (Lipinski definition) is 0. The van der Waals surface area contributed by atoms with Crippen LogP contribution in [-0.4, -0.2) is 15.7 Å². The molecule has 0 saturated carbocycles. The summed E-state index contributed by atoms with van der Waals surface area (Å²) in [6.07, 6.45) is 2.53. The van der Waals surface area contributed by atoms with E-state index in [1.54, 1.807) is 22.6 Å². The topological polar surface area (TPSA) is 34.4 Å². The molecule has 0 aliphatic carbocycles. The lowest BCUT2D eigenvalue weighted by Crippen LogP contribution is -1.92. The summed E-state index contributed by atoms with van der Waals surface area (Å²) in [6, 6.07) is 10.1. The van der Waals surface area contributed by atoms with Crippen LogP contribution in [0.3, 0.4) is 0 Å². The Balaban J connectivity index is 2.38. The molecule has 4 heteroatoms. The fraction of sp³-hybridized carbons (Fsp3) is 0.0667. The standard InChI is InChI=1S/C15H11FN2O/c1-10-6-7-14-13(9-19)17-15(18(14)8-10)11-4-2-3-5-12(11)16/h2-9H,1H3. The number of carbonyl (C=O) groups excluding carboxylic acids is 1. The van der Waals surface area contributed by atoms with Gasteiger partial charge in [-0.15, -0.1) is 0 Å². The van der Waals surface area contributed by atoms with E-state index in [0.717, 1.165) is 5.56 Å². The van der Waals surface area contributed by atoms with Crippen LogP contribution in [0, 0.1) is 12.7 Å². The molecule has 0 fully saturated rings. The molecule has 0 aliphatic rings. The summed E-state index contributed by atoms with van der Waals surface area (Å²) in [5.74, 6) is 0.0901. The van der Waals surface area contributed by atoms with E-state index in [9.17, 15) is 9.18 Å². The molecular formula is C15H11FN2O. The van der Waals surface area contributed by atoms with E-state index in [-0.39, 0.29) is 5.82 Å². The fourth-order valence-corrected chi connectivity index (χ4v) is 2.14. The summed E-state index contributed by atoms with van der Waals surface area (Å²) in [7, 11) is 0. The average Bonchev–Trinajstić information content (AvgIpc) is 2.77. The van der Waals surface area contributed by atoms with Gasteiger partial charge in [0, 0.05) is 6.20 Å². The Labute approximate surface area is 109 Å². The highest BCUT2D eigenvalue weighted by Crippen LogP contribution is 2.24. The van der Waals surface area contributed by atoms with Crippen LogP contribution in [0.1, 0.15) is 16.1 Å². The molecule has 2 heterocycles. The van der Waals surface area contributed by atoms with Gasteiger partial charge in [0.2, 0.25) is 0 Å². The molecule has 0 bridgehead atoms. The van der Waals surface area contributed by atoms with E-state index in [1.807, 2.05) is 25.3 Å². The fourth-order valence-electron chi connectivity index (χ4n) is 2.14. The van der Waals surface area contributed by atoms with Crippen LogP contribution in [0.4, 0.5) is 4.39 Å². The summed E-state index contributed by atoms with van der Waals surface area (Å²) in [6.45, 7) is 1.94. The Hall–Kier alpha value is -2.49. The predicted molar refractivity (Wildman–Crippen MR) is 70.7 cm³/mol. The summed E-state index contributed by atoms with van der Waals surface area (Å²) in [5.41, 5.74) is 2.40. The lowest BCUT2D eigenvalue weighted by Gasteiger charge is -2.03. The van der Waals surface area contributed by atoms with Crippen molar-refractivity contribution < 1.29 is 9.18 Å². The van der Waals surface area contributed by atoms with Gasteiger partial charge in [-0.25, -0.2) is 9.37 Å². The molecule has 2 aromatic heterocycles. The van der Waals surface area contributed by atoms with Crippen molar-refractivity contribution in [3.8, 4) is 11.4 Å². The molecular weight excluding hydrogens is 243 g/mol. The van der Waals surface area contributed by atoms with Crippen molar-refractivity contribution in [2.45, 2.75) is 6.92 Å². The predicted octanol–water partition coefficient (Wildman–Crippen LogP) is 3.26. The maximum absolute atomic E-state index is 13.9. The number of rotatable bonds is 2. The lowest BCUT2D eigenvalue weighted by molar-refractivity contribution is 0.112. The first kappa shape index (κ1) is 11.6. The van der Waals surface area contributed by atoms with E-state index in [0.29, 0.717) is 28.9 Å². The second-order valence-corrected chi connectivity index (χ2v) is 4.38. The third kappa shape index (κ3) is 1.81. The quantitative estimate of drug-likeness (QED) is 0.658. The van der Waals surface area contributed by atoms with Crippen LogP contribution in [-0.2, 0) is 0 Å². The average molecular weight is 254 g/mol. The zero-order chi connectivity index (χ0) is 13.4. The van der Waals surface area contributed by atoms with Crippen molar-refractivity contribution in [2.75, 3.05) is 0 Å².